The third kappa shape index (κ3) is 2.34. The molecule has 0 N–H and O–H groups in total. The lowest BCUT2D eigenvalue weighted by atomic mass is 10.2. The largest absolute Gasteiger partial charge is 0.632 e. The fourth-order valence-corrected chi connectivity index (χ4v) is 0.678. The summed E-state index contributed by atoms with van der Waals surface area (Å²) in [6, 6.07) is 0. The van der Waals surface area contributed by atoms with Gasteiger partial charge in [0.05, 0.1) is 0 Å². The van der Waals surface area contributed by atoms with Crippen molar-refractivity contribution in [2.24, 2.45) is 0 Å². The van der Waals surface area contributed by atoms with Gasteiger partial charge in [0.2, 0.25) is 0 Å². The molecule has 0 aliphatic carbocycles. The Morgan fingerprint density at radius 1 is 0.706 bits per heavy atom. The minimum Gasteiger partial charge on any atom is -0.256 e. The highest BCUT2D eigenvalue weighted by molar-refractivity contribution is 4.61. The molecule has 0 saturated carbocycles. The van der Waals surface area contributed by atoms with Crippen LogP contribution in [0, 0.1) is 40.5 Å². The van der Waals surface area contributed by atoms with Gasteiger partial charge in [-0.1, -0.05) is 8.78 Å². The van der Waals surface area contributed by atoms with Gasteiger partial charge in [0, 0.05) is 0 Å². The van der Waals surface area contributed by atoms with Gasteiger partial charge in [0.25, 0.3) is 0 Å². The third-order valence-corrected chi connectivity index (χ3v) is 1.57. The quantitative estimate of drug-likeness (QED) is 0.271. The number of hydrogen-bond acceptors (Lipinski definition) is 8. The number of halogens is 2. The van der Waals surface area contributed by atoms with Crippen molar-refractivity contribution in [2.75, 3.05) is 0 Å². The molecule has 0 aliphatic heterocycles. The van der Waals surface area contributed by atoms with Gasteiger partial charge >= 0.3 is 18.3 Å². The zero-order valence-electron chi connectivity index (χ0n) is 7.52. The highest BCUT2D eigenvalue weighted by atomic mass is 19.2. The Morgan fingerprint density at radius 2 is 0.882 bits per heavy atom. The predicted octanol–water partition coefficient (Wildman–Crippen LogP) is -0.270. The standard InChI is InChI=1S/C3H2F2N4O8/c4-2(6(10)11,7(12)13)1-3(5,8(14)15)9(16)17/h1H2. The molecule has 96 valence electrons. The summed E-state index contributed by atoms with van der Waals surface area (Å²) >= 11 is 0. The van der Waals surface area contributed by atoms with Crippen molar-refractivity contribution in [3.63, 3.8) is 0 Å². The van der Waals surface area contributed by atoms with E-state index in [1.807, 2.05) is 0 Å². The Labute approximate surface area is 88.4 Å². The molecule has 0 radical (unpaired) electrons. The van der Waals surface area contributed by atoms with Crippen LogP contribution in [-0.4, -0.2) is 31.5 Å². The Kier molecular flexibility index (Phi) is 3.52. The predicted molar refractivity (Wildman–Crippen MR) is 40.3 cm³/mol. The van der Waals surface area contributed by atoms with Crippen LogP contribution in [0.2, 0.25) is 0 Å². The highest BCUT2D eigenvalue weighted by Gasteiger charge is 2.76. The first kappa shape index (κ1) is 14.5. The molecule has 12 nitrogen and oxygen atoms in total. The highest BCUT2D eigenvalue weighted by Crippen LogP contribution is 2.29. The van der Waals surface area contributed by atoms with E-state index in [-0.39, 0.29) is 0 Å². The number of alkyl halides is 2. The van der Waals surface area contributed by atoms with Crippen molar-refractivity contribution in [3.05, 3.63) is 40.5 Å². The normalized spacial score (nSPS) is 11.9. The zero-order chi connectivity index (χ0) is 14.0. The Balaban J connectivity index is 5.53. The van der Waals surface area contributed by atoms with Gasteiger partial charge < -0.3 is 0 Å². The van der Waals surface area contributed by atoms with Crippen LogP contribution < -0.4 is 0 Å². The number of rotatable bonds is 6. The van der Waals surface area contributed by atoms with Gasteiger partial charge in [0.1, 0.15) is 19.7 Å². The summed E-state index contributed by atoms with van der Waals surface area (Å²) < 4.78 is 26.0. The van der Waals surface area contributed by atoms with Gasteiger partial charge in [-0.05, 0) is 0 Å². The van der Waals surface area contributed by atoms with E-state index in [2.05, 4.69) is 0 Å². The molecule has 14 heteroatoms. The molecule has 0 fully saturated rings. The van der Waals surface area contributed by atoms with Crippen molar-refractivity contribution in [3.8, 4) is 0 Å². The van der Waals surface area contributed by atoms with Gasteiger partial charge in [-0.15, -0.1) is 0 Å². The van der Waals surface area contributed by atoms with Crippen molar-refractivity contribution < 1.29 is 28.5 Å². The van der Waals surface area contributed by atoms with E-state index in [1.165, 1.54) is 0 Å². The molecule has 0 aliphatic rings. The zero-order valence-corrected chi connectivity index (χ0v) is 7.52. The summed E-state index contributed by atoms with van der Waals surface area (Å²) in [6.07, 6.45) is -2.79. The molecule has 0 unspecified atom stereocenters. The van der Waals surface area contributed by atoms with E-state index in [1.54, 1.807) is 0 Å². The first-order chi connectivity index (χ1) is 7.48. The first-order valence-corrected chi connectivity index (χ1v) is 3.44. The third-order valence-electron chi connectivity index (χ3n) is 1.57. The lowest BCUT2D eigenvalue weighted by molar-refractivity contribution is -0.883. The summed E-state index contributed by atoms with van der Waals surface area (Å²) in [6.45, 7) is 0. The van der Waals surface area contributed by atoms with Gasteiger partial charge in [-0.25, -0.2) is 0 Å². The lowest BCUT2D eigenvalue weighted by Crippen LogP contribution is -2.53. The Hall–Kier alpha value is -2.54. The van der Waals surface area contributed by atoms with E-state index in [0.29, 0.717) is 0 Å². The topological polar surface area (TPSA) is 173 Å². The molecule has 0 amide bonds. The Bertz CT molecular complexity index is 332. The van der Waals surface area contributed by atoms with Crippen LogP contribution in [-0.2, 0) is 0 Å². The maximum absolute atomic E-state index is 13.0. The molecule has 0 bridgehead atoms. The van der Waals surface area contributed by atoms with Crippen LogP contribution in [0.4, 0.5) is 8.78 Å². The molecule has 0 atom stereocenters. The monoisotopic (exact) mass is 260 g/mol. The summed E-state index contributed by atoms with van der Waals surface area (Å²) in [5.74, 6) is -9.73. The number of nitrogens with zero attached hydrogens (tertiary/aromatic N) is 4. The maximum atomic E-state index is 13.0. The SMILES string of the molecule is O=[N+]([O-])C(F)(CC(F)([N+](=O)[O-])[N+](=O)[O-])[N+](=O)[O-]. The molecular weight excluding hydrogens is 258 g/mol. The summed E-state index contributed by atoms with van der Waals surface area (Å²) in [4.78, 5) is 30.7. The number of hydrogen-bond donors (Lipinski definition) is 0. The van der Waals surface area contributed by atoms with E-state index in [9.17, 15) is 49.2 Å². The van der Waals surface area contributed by atoms with Crippen LogP contribution in [0.3, 0.4) is 0 Å². The van der Waals surface area contributed by atoms with Crippen LogP contribution >= 0.6 is 0 Å². The van der Waals surface area contributed by atoms with Gasteiger partial charge in [-0.3, -0.25) is 40.5 Å². The Morgan fingerprint density at radius 3 is 1.00 bits per heavy atom. The second-order valence-corrected chi connectivity index (χ2v) is 2.64. The van der Waals surface area contributed by atoms with Crippen LogP contribution in [0.5, 0.6) is 0 Å². The van der Waals surface area contributed by atoms with Crippen molar-refractivity contribution in [2.45, 2.75) is 18.3 Å². The van der Waals surface area contributed by atoms with E-state index < -0.39 is 37.9 Å². The van der Waals surface area contributed by atoms with Crippen molar-refractivity contribution >= 4 is 0 Å². The molecule has 0 aromatic heterocycles. The summed E-state index contributed by atoms with van der Waals surface area (Å²) in [7, 11) is 0. The average Bonchev–Trinajstić information content (AvgIpc) is 2.15. The number of nitro groups is 4. The lowest BCUT2D eigenvalue weighted by Gasteiger charge is -2.10. The molecule has 0 rings (SSSR count). The second-order valence-electron chi connectivity index (χ2n) is 2.64. The smallest absolute Gasteiger partial charge is 0.256 e. The molecular formula is C3H2F2N4O8. The first-order valence-electron chi connectivity index (χ1n) is 3.44. The second kappa shape index (κ2) is 4.14. The van der Waals surface area contributed by atoms with E-state index >= 15 is 0 Å². The van der Waals surface area contributed by atoms with Crippen LogP contribution in [0.25, 0.3) is 0 Å². The van der Waals surface area contributed by atoms with Crippen LogP contribution in [0.1, 0.15) is 6.42 Å². The van der Waals surface area contributed by atoms with Gasteiger partial charge in [-0.2, -0.15) is 0 Å². The van der Waals surface area contributed by atoms with E-state index in [4.69, 9.17) is 0 Å². The molecule has 17 heavy (non-hydrogen) atoms. The minimum absolute atomic E-state index is 2.30. The molecule has 0 aromatic rings. The fourth-order valence-electron chi connectivity index (χ4n) is 0.678. The van der Waals surface area contributed by atoms with E-state index in [0.717, 1.165) is 0 Å². The molecule has 0 saturated heterocycles. The van der Waals surface area contributed by atoms with Crippen LogP contribution in [0.15, 0.2) is 0 Å². The van der Waals surface area contributed by atoms with Crippen molar-refractivity contribution in [1.29, 1.82) is 0 Å². The maximum Gasteiger partial charge on any atom is 0.632 e. The fraction of sp³-hybridized carbons (Fsp3) is 1.00. The molecule has 0 aromatic carbocycles. The minimum atomic E-state index is -4.87. The molecule has 0 spiro atoms. The van der Waals surface area contributed by atoms with Gasteiger partial charge in [0.15, 0.2) is 0 Å². The van der Waals surface area contributed by atoms with Crippen molar-refractivity contribution in [1.82, 2.24) is 0 Å². The summed E-state index contributed by atoms with van der Waals surface area (Å²) in [5, 5.41) is 39.9. The summed E-state index contributed by atoms with van der Waals surface area (Å²) in [5.41, 5.74) is 0. The average molecular weight is 260 g/mol. The molecule has 0 heterocycles.